The average Bonchev–Trinajstić information content (AvgIpc) is 2.71. The fourth-order valence-corrected chi connectivity index (χ4v) is 1.68. The number of ketones is 1. The Hall–Kier alpha value is -1.77. The predicted molar refractivity (Wildman–Crippen MR) is 66.6 cm³/mol. The summed E-state index contributed by atoms with van der Waals surface area (Å²) in [6, 6.07) is 7.34. The van der Waals surface area contributed by atoms with E-state index in [2.05, 4.69) is 0 Å². The third-order valence-corrected chi connectivity index (χ3v) is 2.57. The van der Waals surface area contributed by atoms with Crippen LogP contribution < -0.4 is 4.74 Å². The first-order chi connectivity index (χ1) is 8.11. The van der Waals surface area contributed by atoms with Crippen LogP contribution in [-0.2, 0) is 0 Å². The lowest BCUT2D eigenvalue weighted by atomic mass is 10.1. The molecule has 1 heterocycles. The molecule has 0 aliphatic rings. The number of carbonyl (C=O) groups excluding carboxylic acids is 1. The fourth-order valence-electron chi connectivity index (χ4n) is 1.68. The lowest BCUT2D eigenvalue weighted by molar-refractivity contribution is 0.0913. The second kappa shape index (κ2) is 4.62. The van der Waals surface area contributed by atoms with Crippen molar-refractivity contribution >= 4 is 16.8 Å². The second-order valence-corrected chi connectivity index (χ2v) is 4.26. The Balaban J connectivity index is 2.40. The zero-order chi connectivity index (χ0) is 12.4. The zero-order valence-electron chi connectivity index (χ0n) is 10.3. The normalized spacial score (nSPS) is 11.1. The van der Waals surface area contributed by atoms with Crippen LogP contribution in [-0.4, -0.2) is 12.4 Å². The summed E-state index contributed by atoms with van der Waals surface area (Å²) in [6.45, 7) is 6.29. The highest BCUT2D eigenvalue weighted by molar-refractivity contribution is 5.98. The first-order valence-electron chi connectivity index (χ1n) is 5.82. The summed E-state index contributed by atoms with van der Waals surface area (Å²) in [7, 11) is 0. The molecule has 0 bridgehead atoms. The molecule has 0 saturated heterocycles. The van der Waals surface area contributed by atoms with Crippen LogP contribution in [0.15, 0.2) is 28.7 Å². The zero-order valence-corrected chi connectivity index (χ0v) is 10.3. The molecule has 2 rings (SSSR count). The van der Waals surface area contributed by atoms with E-state index in [4.69, 9.17) is 9.15 Å². The van der Waals surface area contributed by atoms with Crippen LogP contribution in [0.2, 0.25) is 0 Å². The van der Waals surface area contributed by atoms with E-state index < -0.39 is 0 Å². The summed E-state index contributed by atoms with van der Waals surface area (Å²) in [5.74, 6) is 1.19. The third kappa shape index (κ3) is 2.33. The summed E-state index contributed by atoms with van der Waals surface area (Å²) in [6.07, 6.45) is 0. The molecule has 3 nitrogen and oxygen atoms in total. The van der Waals surface area contributed by atoms with Crippen molar-refractivity contribution in [3.8, 4) is 5.75 Å². The number of carbonyl (C=O) groups is 1. The highest BCUT2D eigenvalue weighted by Crippen LogP contribution is 2.25. The molecule has 2 aromatic rings. The van der Waals surface area contributed by atoms with Gasteiger partial charge in [0.05, 0.1) is 6.61 Å². The van der Waals surface area contributed by atoms with Gasteiger partial charge in [0.15, 0.2) is 5.76 Å². The Labute approximate surface area is 100 Å². The van der Waals surface area contributed by atoms with Crippen LogP contribution in [0.25, 0.3) is 11.0 Å². The van der Waals surface area contributed by atoms with Crippen molar-refractivity contribution in [1.29, 1.82) is 0 Å². The van der Waals surface area contributed by atoms with Gasteiger partial charge in [0.25, 0.3) is 0 Å². The molecule has 1 aromatic heterocycles. The molecule has 3 heteroatoms. The van der Waals surface area contributed by atoms with Gasteiger partial charge in [-0.1, -0.05) is 13.8 Å². The number of ether oxygens (including phenoxy) is 1. The van der Waals surface area contributed by atoms with E-state index in [0.29, 0.717) is 12.4 Å². The van der Waals surface area contributed by atoms with Crippen molar-refractivity contribution in [2.45, 2.75) is 20.8 Å². The maximum absolute atomic E-state index is 11.8. The molecule has 0 radical (unpaired) electrons. The minimum Gasteiger partial charge on any atom is -0.494 e. The van der Waals surface area contributed by atoms with Gasteiger partial charge in [-0.3, -0.25) is 4.79 Å². The smallest absolute Gasteiger partial charge is 0.200 e. The van der Waals surface area contributed by atoms with Gasteiger partial charge in [-0.15, -0.1) is 0 Å². The summed E-state index contributed by atoms with van der Waals surface area (Å²) >= 11 is 0. The Bertz CT molecular complexity index is 537. The number of hydrogen-bond acceptors (Lipinski definition) is 3. The van der Waals surface area contributed by atoms with Crippen LogP contribution in [0.3, 0.4) is 0 Å². The Morgan fingerprint density at radius 1 is 1.35 bits per heavy atom. The van der Waals surface area contributed by atoms with Gasteiger partial charge in [-0.05, 0) is 31.2 Å². The molecule has 0 N–H and O–H groups in total. The van der Waals surface area contributed by atoms with Crippen LogP contribution in [0.4, 0.5) is 0 Å². The lowest BCUT2D eigenvalue weighted by Crippen LogP contribution is -2.05. The Morgan fingerprint density at radius 3 is 2.76 bits per heavy atom. The quantitative estimate of drug-likeness (QED) is 0.755. The first kappa shape index (κ1) is 11.7. The predicted octanol–water partition coefficient (Wildman–Crippen LogP) is 3.67. The summed E-state index contributed by atoms with van der Waals surface area (Å²) in [4.78, 5) is 11.8. The molecular formula is C14H16O3. The van der Waals surface area contributed by atoms with Gasteiger partial charge in [0.2, 0.25) is 5.78 Å². The van der Waals surface area contributed by atoms with Gasteiger partial charge in [-0.2, -0.15) is 0 Å². The SMILES string of the molecule is CCOc1ccc2oc(C(=O)C(C)C)cc2c1. The minimum atomic E-state index is -0.0538. The van der Waals surface area contributed by atoms with Crippen molar-refractivity contribution in [2.75, 3.05) is 6.61 Å². The van der Waals surface area contributed by atoms with Crippen LogP contribution in [0.1, 0.15) is 31.3 Å². The van der Waals surface area contributed by atoms with Gasteiger partial charge in [0.1, 0.15) is 11.3 Å². The molecule has 0 atom stereocenters. The van der Waals surface area contributed by atoms with Gasteiger partial charge in [0, 0.05) is 11.3 Å². The largest absolute Gasteiger partial charge is 0.494 e. The number of hydrogen-bond donors (Lipinski definition) is 0. The van der Waals surface area contributed by atoms with Gasteiger partial charge < -0.3 is 9.15 Å². The highest BCUT2D eigenvalue weighted by Gasteiger charge is 2.15. The van der Waals surface area contributed by atoms with E-state index in [-0.39, 0.29) is 11.7 Å². The van der Waals surface area contributed by atoms with Gasteiger partial charge in [-0.25, -0.2) is 0 Å². The molecule has 0 spiro atoms. The highest BCUT2D eigenvalue weighted by atomic mass is 16.5. The monoisotopic (exact) mass is 232 g/mol. The van der Waals surface area contributed by atoms with E-state index in [0.717, 1.165) is 16.7 Å². The van der Waals surface area contributed by atoms with Crippen molar-refractivity contribution in [2.24, 2.45) is 5.92 Å². The number of benzene rings is 1. The molecule has 90 valence electrons. The molecular weight excluding hydrogens is 216 g/mol. The molecule has 0 aliphatic heterocycles. The standard InChI is InChI=1S/C14H16O3/c1-4-16-11-5-6-12-10(7-11)8-13(17-12)14(15)9(2)3/h5-9H,4H2,1-3H3. The maximum Gasteiger partial charge on any atom is 0.200 e. The van der Waals surface area contributed by atoms with E-state index >= 15 is 0 Å². The molecule has 0 unspecified atom stereocenters. The van der Waals surface area contributed by atoms with Crippen molar-refractivity contribution in [3.05, 3.63) is 30.0 Å². The van der Waals surface area contributed by atoms with E-state index in [1.165, 1.54) is 0 Å². The number of fused-ring (bicyclic) bond motifs is 1. The molecule has 0 amide bonds. The third-order valence-electron chi connectivity index (χ3n) is 2.57. The molecule has 17 heavy (non-hydrogen) atoms. The molecule has 0 aliphatic carbocycles. The fraction of sp³-hybridized carbons (Fsp3) is 0.357. The summed E-state index contributed by atoms with van der Waals surface area (Å²) in [5, 5.41) is 0.903. The molecule has 1 aromatic carbocycles. The lowest BCUT2D eigenvalue weighted by Gasteiger charge is -2.00. The van der Waals surface area contributed by atoms with Crippen molar-refractivity contribution in [1.82, 2.24) is 0 Å². The first-order valence-corrected chi connectivity index (χ1v) is 5.82. The average molecular weight is 232 g/mol. The second-order valence-electron chi connectivity index (χ2n) is 4.26. The van der Waals surface area contributed by atoms with E-state index in [1.807, 2.05) is 39.0 Å². The summed E-state index contributed by atoms with van der Waals surface area (Å²) in [5.41, 5.74) is 0.720. The van der Waals surface area contributed by atoms with Crippen LogP contribution >= 0.6 is 0 Å². The summed E-state index contributed by atoms with van der Waals surface area (Å²) < 4.78 is 10.9. The maximum atomic E-state index is 11.8. The van der Waals surface area contributed by atoms with Gasteiger partial charge >= 0.3 is 0 Å². The minimum absolute atomic E-state index is 0.0270. The Kier molecular flexibility index (Phi) is 3.18. The molecule has 0 fully saturated rings. The molecule has 0 saturated carbocycles. The van der Waals surface area contributed by atoms with Crippen LogP contribution in [0.5, 0.6) is 5.75 Å². The van der Waals surface area contributed by atoms with E-state index in [1.54, 1.807) is 6.07 Å². The Morgan fingerprint density at radius 2 is 2.12 bits per heavy atom. The number of furan rings is 1. The van der Waals surface area contributed by atoms with Crippen molar-refractivity contribution in [3.63, 3.8) is 0 Å². The topological polar surface area (TPSA) is 39.4 Å². The van der Waals surface area contributed by atoms with Crippen molar-refractivity contribution < 1.29 is 13.9 Å². The van der Waals surface area contributed by atoms with Crippen LogP contribution in [0, 0.1) is 5.92 Å². The number of Topliss-reactive ketones (excluding diaryl/α,β-unsaturated/α-hetero) is 1. The number of rotatable bonds is 4. The van der Waals surface area contributed by atoms with E-state index in [9.17, 15) is 4.79 Å².